The second-order valence-corrected chi connectivity index (χ2v) is 13.8. The number of hydrogen-bond acceptors (Lipinski definition) is 10. The number of nitrogens with two attached hydrogens (primary N) is 1. The average molecular weight is 598 g/mol. The molecule has 11 nitrogen and oxygen atoms in total. The Morgan fingerprint density at radius 1 is 1.16 bits per heavy atom. The van der Waals surface area contributed by atoms with Crippen LogP contribution in [0.5, 0.6) is 11.5 Å². The fraction of sp³-hybridized carbons (Fsp3) is 0.594. The molecule has 0 spiro atoms. The van der Waals surface area contributed by atoms with Crippen LogP contribution in [0.3, 0.4) is 0 Å². The van der Waals surface area contributed by atoms with Crippen molar-refractivity contribution < 1.29 is 39.5 Å². The van der Waals surface area contributed by atoms with Crippen molar-refractivity contribution in [3.05, 3.63) is 39.7 Å². The third-order valence-corrected chi connectivity index (χ3v) is 10.2. The number of ether oxygens (including phenoxy) is 1. The summed E-state index contributed by atoms with van der Waals surface area (Å²) in [5, 5.41) is 45.4. The molecule has 0 bridgehead atoms. The number of likely N-dealkylation sites (tertiary alicyclic amines) is 1. The molecule has 0 radical (unpaired) electrons. The highest BCUT2D eigenvalue weighted by Crippen LogP contribution is 2.54. The minimum atomic E-state index is -2.66. The molecule has 4 aliphatic rings. The van der Waals surface area contributed by atoms with Gasteiger partial charge in [0.2, 0.25) is 5.78 Å². The summed E-state index contributed by atoms with van der Waals surface area (Å²) in [4.78, 5) is 43.3. The molecule has 4 atom stereocenters. The van der Waals surface area contributed by atoms with Crippen molar-refractivity contribution in [2.24, 2.45) is 28.9 Å². The molecule has 0 unspecified atom stereocenters. The van der Waals surface area contributed by atoms with E-state index in [-0.39, 0.29) is 35.1 Å². The van der Waals surface area contributed by atoms with Crippen molar-refractivity contribution in [1.29, 1.82) is 0 Å². The molecule has 1 aliphatic heterocycles. The van der Waals surface area contributed by atoms with Gasteiger partial charge in [-0.3, -0.25) is 24.2 Å². The number of ketones is 2. The van der Waals surface area contributed by atoms with Crippen molar-refractivity contribution in [2.45, 2.75) is 64.6 Å². The molecule has 11 heteroatoms. The van der Waals surface area contributed by atoms with Gasteiger partial charge in [-0.15, -0.1) is 0 Å². The first kappa shape index (κ1) is 31.0. The van der Waals surface area contributed by atoms with E-state index < -0.39 is 58.0 Å². The molecule has 1 heterocycles. The zero-order valence-corrected chi connectivity index (χ0v) is 25.7. The number of aliphatic hydroxyl groups excluding tert-OH is 2. The summed E-state index contributed by atoms with van der Waals surface area (Å²) in [6.07, 6.45) is 2.34. The Labute approximate surface area is 251 Å². The lowest BCUT2D eigenvalue weighted by Gasteiger charge is -2.50. The topological polar surface area (TPSA) is 174 Å². The SMILES string of the molecule is COc1c(CN2CCC(C(C)(C)C)CC2)cc(O)c2c1C[C@H]1C[C@H]3[C@H](N(C)C)C(=O)C(C(N)=O)=C(O)[C@@]3(O)C(=O)C1=C2O. The van der Waals surface area contributed by atoms with Crippen molar-refractivity contribution in [2.75, 3.05) is 34.3 Å². The summed E-state index contributed by atoms with van der Waals surface area (Å²) in [7, 11) is 4.68. The zero-order valence-electron chi connectivity index (χ0n) is 25.7. The Hall–Kier alpha value is -3.41. The van der Waals surface area contributed by atoms with Gasteiger partial charge in [-0.05, 0) is 76.2 Å². The van der Waals surface area contributed by atoms with Crippen LogP contribution in [-0.2, 0) is 27.3 Å². The number of piperidine rings is 1. The molecule has 5 rings (SSSR count). The van der Waals surface area contributed by atoms with Gasteiger partial charge in [0, 0.05) is 29.2 Å². The Morgan fingerprint density at radius 2 is 1.79 bits per heavy atom. The highest BCUT2D eigenvalue weighted by molar-refractivity contribution is 6.24. The number of phenols is 1. The normalized spacial score (nSPS) is 28.6. The maximum absolute atomic E-state index is 14.0. The number of primary amides is 1. The standard InChI is InChI=1S/C32H43N3O8/c1-31(2,3)17-7-9-35(10-8-17)14-16-13-20(36)22-18(27(16)43-6)11-15-12-19-24(34(4)5)26(38)23(30(33)41)29(40)32(19,42)28(39)21(15)25(22)37/h13,15,17,19,24,36-37,40,42H,7-12,14H2,1-6H3,(H2,33,41)/t15-,19-,24-,32-/m0/s1. The van der Waals surface area contributed by atoms with Crippen LogP contribution in [0.2, 0.25) is 0 Å². The number of fused-ring (bicyclic) bond motifs is 3. The van der Waals surface area contributed by atoms with Crippen LogP contribution in [-0.4, -0.2) is 93.6 Å². The molecule has 234 valence electrons. The van der Waals surface area contributed by atoms with Crippen LogP contribution in [0.4, 0.5) is 0 Å². The van der Waals surface area contributed by atoms with Gasteiger partial charge in [0.25, 0.3) is 5.91 Å². The molecular weight excluding hydrogens is 554 g/mol. The third-order valence-electron chi connectivity index (χ3n) is 10.2. The van der Waals surface area contributed by atoms with Gasteiger partial charge in [-0.1, -0.05) is 20.8 Å². The summed E-state index contributed by atoms with van der Waals surface area (Å²) in [5.74, 6) is -5.59. The summed E-state index contributed by atoms with van der Waals surface area (Å²) in [6, 6.07) is 0.411. The van der Waals surface area contributed by atoms with Gasteiger partial charge in [0.05, 0.1) is 18.7 Å². The largest absolute Gasteiger partial charge is 0.508 e. The molecule has 43 heavy (non-hydrogen) atoms. The van der Waals surface area contributed by atoms with Crippen molar-refractivity contribution >= 4 is 23.2 Å². The number of benzene rings is 1. The van der Waals surface area contributed by atoms with E-state index >= 15 is 0 Å². The number of methoxy groups -OCH3 is 1. The first-order valence-corrected chi connectivity index (χ1v) is 14.8. The molecule has 1 aromatic carbocycles. The van der Waals surface area contributed by atoms with Crippen LogP contribution in [0.1, 0.15) is 56.7 Å². The fourth-order valence-corrected chi connectivity index (χ4v) is 7.93. The maximum atomic E-state index is 14.0. The Bertz CT molecular complexity index is 1450. The summed E-state index contributed by atoms with van der Waals surface area (Å²) >= 11 is 0. The maximum Gasteiger partial charge on any atom is 0.255 e. The molecule has 6 N–H and O–H groups in total. The molecule has 2 fully saturated rings. The van der Waals surface area contributed by atoms with Gasteiger partial charge in [-0.2, -0.15) is 0 Å². The number of aromatic hydroxyl groups is 1. The Balaban J connectivity index is 1.57. The quantitative estimate of drug-likeness (QED) is 0.317. The van der Waals surface area contributed by atoms with Gasteiger partial charge in [0.1, 0.15) is 28.6 Å². The van der Waals surface area contributed by atoms with E-state index in [4.69, 9.17) is 10.5 Å². The minimum absolute atomic E-state index is 0.0280. The minimum Gasteiger partial charge on any atom is -0.508 e. The molecule has 1 saturated heterocycles. The number of Topliss-reactive ketones (excluding diaryl/α,β-unsaturated/α-hetero) is 2. The van der Waals surface area contributed by atoms with Gasteiger partial charge >= 0.3 is 0 Å². The molecule has 1 amide bonds. The Kier molecular flexibility index (Phi) is 7.68. The zero-order chi connectivity index (χ0) is 31.8. The monoisotopic (exact) mass is 597 g/mol. The van der Waals surface area contributed by atoms with E-state index in [1.54, 1.807) is 20.2 Å². The van der Waals surface area contributed by atoms with Crippen LogP contribution in [0.25, 0.3) is 5.76 Å². The number of amides is 1. The summed E-state index contributed by atoms with van der Waals surface area (Å²) in [6.45, 7) is 9.14. The summed E-state index contributed by atoms with van der Waals surface area (Å²) < 4.78 is 5.86. The lowest BCUT2D eigenvalue weighted by Crippen LogP contribution is -2.65. The van der Waals surface area contributed by atoms with E-state index in [0.29, 0.717) is 23.8 Å². The number of aliphatic hydroxyl groups is 3. The average Bonchev–Trinajstić information content (AvgIpc) is 2.90. The second-order valence-electron chi connectivity index (χ2n) is 13.8. The van der Waals surface area contributed by atoms with Gasteiger partial charge in [0.15, 0.2) is 11.4 Å². The summed E-state index contributed by atoms with van der Waals surface area (Å²) in [5.41, 5.74) is 3.28. The number of hydrogen-bond donors (Lipinski definition) is 5. The van der Waals surface area contributed by atoms with E-state index in [2.05, 4.69) is 25.7 Å². The molecule has 3 aliphatic carbocycles. The highest BCUT2D eigenvalue weighted by atomic mass is 16.5. The first-order valence-electron chi connectivity index (χ1n) is 14.8. The van der Waals surface area contributed by atoms with Crippen LogP contribution in [0.15, 0.2) is 23.0 Å². The predicted molar refractivity (Wildman–Crippen MR) is 158 cm³/mol. The first-order chi connectivity index (χ1) is 20.0. The number of nitrogens with zero attached hydrogens (tertiary/aromatic N) is 2. The Morgan fingerprint density at radius 3 is 2.33 bits per heavy atom. The van der Waals surface area contributed by atoms with Crippen molar-refractivity contribution in [3.8, 4) is 11.5 Å². The number of phenolic OH excluding ortho intramolecular Hbond substituents is 1. The van der Waals surface area contributed by atoms with E-state index in [1.807, 2.05) is 0 Å². The smallest absolute Gasteiger partial charge is 0.255 e. The van der Waals surface area contributed by atoms with Crippen molar-refractivity contribution in [3.63, 3.8) is 0 Å². The third kappa shape index (κ3) is 4.72. The molecule has 1 aromatic rings. The molecule has 1 saturated carbocycles. The van der Waals surface area contributed by atoms with Crippen molar-refractivity contribution in [1.82, 2.24) is 9.80 Å². The van der Waals surface area contributed by atoms with Crippen LogP contribution >= 0.6 is 0 Å². The lowest BCUT2D eigenvalue weighted by atomic mass is 9.57. The number of rotatable bonds is 5. The van der Waals surface area contributed by atoms with Gasteiger partial charge in [-0.25, -0.2) is 0 Å². The highest BCUT2D eigenvalue weighted by Gasteiger charge is 2.64. The number of carbonyl (C=O) groups excluding carboxylic acids is 3. The van der Waals surface area contributed by atoms with Crippen LogP contribution < -0.4 is 10.5 Å². The second kappa shape index (κ2) is 10.6. The lowest BCUT2D eigenvalue weighted by molar-refractivity contribution is -0.153. The predicted octanol–water partition coefficient (Wildman–Crippen LogP) is 2.23. The molecule has 0 aromatic heterocycles. The van der Waals surface area contributed by atoms with Gasteiger partial charge < -0.3 is 30.9 Å². The number of likely N-dealkylation sites (N-methyl/N-ethyl adjacent to an activating group) is 1. The van der Waals surface area contributed by atoms with E-state index in [1.165, 1.54) is 12.0 Å². The van der Waals surface area contributed by atoms with Crippen LogP contribution in [0, 0.1) is 23.2 Å². The molecular formula is C32H43N3O8. The van der Waals surface area contributed by atoms with E-state index in [9.17, 15) is 34.8 Å². The number of carbonyl (C=O) groups is 3. The van der Waals surface area contributed by atoms with E-state index in [0.717, 1.165) is 31.5 Å². The fourth-order valence-electron chi connectivity index (χ4n) is 7.93.